The van der Waals surface area contributed by atoms with Gasteiger partial charge in [-0.3, -0.25) is 0 Å². The number of hydrogen-bond acceptors (Lipinski definition) is 3. The van der Waals surface area contributed by atoms with Gasteiger partial charge in [0.2, 0.25) is 0 Å². The highest BCUT2D eigenvalue weighted by molar-refractivity contribution is 5.63. The minimum Gasteiger partial charge on any atom is -0.486 e. The minimum absolute atomic E-state index is 0.218. The Hall–Kier alpha value is -2.17. The Morgan fingerprint density at radius 2 is 1.94 bits per heavy atom. The maximum Gasteiger partial charge on any atom is 0.323 e. The lowest BCUT2D eigenvalue weighted by molar-refractivity contribution is 0.171. The Bertz CT molecular complexity index is 571. The van der Waals surface area contributed by atoms with Crippen LogP contribution in [0.1, 0.15) is 0 Å². The van der Waals surface area contributed by atoms with E-state index in [2.05, 4.69) is 9.97 Å². The fourth-order valence-electron chi connectivity index (χ4n) is 1.70. The first-order valence-electron chi connectivity index (χ1n) is 5.01. The summed E-state index contributed by atoms with van der Waals surface area (Å²) in [6, 6.07) is 5.58. The van der Waals surface area contributed by atoms with Crippen LogP contribution in [0.25, 0.3) is 11.3 Å². The molecule has 0 radical (unpaired) electrons. The molecule has 0 atom stereocenters. The van der Waals surface area contributed by atoms with E-state index < -0.39 is 0 Å². The quantitative estimate of drug-likeness (QED) is 0.754. The van der Waals surface area contributed by atoms with Crippen LogP contribution >= 0.6 is 0 Å². The van der Waals surface area contributed by atoms with Crippen molar-refractivity contribution in [2.24, 2.45) is 0 Å². The van der Waals surface area contributed by atoms with Gasteiger partial charge in [0, 0.05) is 11.8 Å². The third-order valence-corrected chi connectivity index (χ3v) is 2.45. The van der Waals surface area contributed by atoms with E-state index in [-0.39, 0.29) is 5.69 Å². The predicted molar refractivity (Wildman–Crippen MR) is 57.8 cm³/mol. The average Bonchev–Trinajstić information content (AvgIpc) is 2.75. The number of aromatic nitrogens is 2. The lowest BCUT2D eigenvalue weighted by Crippen LogP contribution is -2.15. The molecule has 1 aliphatic heterocycles. The average molecular weight is 218 g/mol. The summed E-state index contributed by atoms with van der Waals surface area (Å²) >= 11 is 0. The summed E-state index contributed by atoms with van der Waals surface area (Å²) in [7, 11) is 0. The molecule has 5 nitrogen and oxygen atoms in total. The zero-order valence-electron chi connectivity index (χ0n) is 8.45. The van der Waals surface area contributed by atoms with Crippen molar-refractivity contribution in [3.05, 3.63) is 34.9 Å². The molecule has 0 bridgehead atoms. The van der Waals surface area contributed by atoms with Crippen LogP contribution in [0.2, 0.25) is 0 Å². The van der Waals surface area contributed by atoms with Gasteiger partial charge in [-0.05, 0) is 18.2 Å². The van der Waals surface area contributed by atoms with Gasteiger partial charge in [-0.15, -0.1) is 0 Å². The number of rotatable bonds is 1. The van der Waals surface area contributed by atoms with Crippen LogP contribution in [0.5, 0.6) is 11.5 Å². The first-order valence-corrected chi connectivity index (χ1v) is 5.01. The van der Waals surface area contributed by atoms with E-state index in [0.717, 1.165) is 17.0 Å². The van der Waals surface area contributed by atoms with E-state index in [9.17, 15) is 4.79 Å². The fraction of sp³-hybridized carbons (Fsp3) is 0.182. The molecule has 3 rings (SSSR count). The van der Waals surface area contributed by atoms with Crippen molar-refractivity contribution >= 4 is 0 Å². The number of H-pyrrole nitrogens is 2. The molecule has 0 spiro atoms. The van der Waals surface area contributed by atoms with Crippen LogP contribution in [0, 0.1) is 0 Å². The van der Waals surface area contributed by atoms with Crippen molar-refractivity contribution in [3.8, 4) is 22.8 Å². The highest BCUT2D eigenvalue weighted by Crippen LogP contribution is 2.33. The molecule has 1 aromatic carbocycles. The lowest BCUT2D eigenvalue weighted by atomic mass is 10.1. The Morgan fingerprint density at radius 3 is 2.69 bits per heavy atom. The number of aromatic amines is 2. The first kappa shape index (κ1) is 9.08. The topological polar surface area (TPSA) is 67.1 Å². The summed E-state index contributed by atoms with van der Waals surface area (Å²) < 4.78 is 10.9. The molecule has 0 unspecified atom stereocenters. The molecule has 2 aromatic rings. The zero-order valence-corrected chi connectivity index (χ0v) is 8.45. The van der Waals surface area contributed by atoms with Crippen LogP contribution in [-0.4, -0.2) is 23.2 Å². The van der Waals surface area contributed by atoms with Gasteiger partial charge < -0.3 is 19.4 Å². The van der Waals surface area contributed by atoms with Gasteiger partial charge in [-0.25, -0.2) is 4.79 Å². The van der Waals surface area contributed by atoms with Crippen LogP contribution in [0.3, 0.4) is 0 Å². The predicted octanol–water partition coefficient (Wildman–Crippen LogP) is 1.14. The second-order valence-electron chi connectivity index (χ2n) is 3.51. The summed E-state index contributed by atoms with van der Waals surface area (Å²) in [4.78, 5) is 16.2. The number of benzene rings is 1. The summed E-state index contributed by atoms with van der Waals surface area (Å²) in [5, 5.41) is 0. The molecule has 0 saturated heterocycles. The van der Waals surface area contributed by atoms with Gasteiger partial charge in [0.25, 0.3) is 0 Å². The van der Waals surface area contributed by atoms with E-state index in [0.29, 0.717) is 19.0 Å². The number of imidazole rings is 1. The molecule has 0 aliphatic carbocycles. The highest BCUT2D eigenvalue weighted by atomic mass is 16.6. The monoisotopic (exact) mass is 218 g/mol. The zero-order chi connectivity index (χ0) is 11.0. The summed E-state index contributed by atoms with van der Waals surface area (Å²) in [5.74, 6) is 1.46. The van der Waals surface area contributed by atoms with Gasteiger partial charge >= 0.3 is 5.69 Å². The molecule has 1 aromatic heterocycles. The molecule has 0 fully saturated rings. The van der Waals surface area contributed by atoms with Crippen LogP contribution < -0.4 is 15.2 Å². The van der Waals surface area contributed by atoms with Gasteiger partial charge in [-0.1, -0.05) is 0 Å². The van der Waals surface area contributed by atoms with Gasteiger partial charge in [0.15, 0.2) is 11.5 Å². The standard InChI is InChI=1S/C11H10N2O3/c14-11-12-6-8(13-11)7-1-2-9-10(5-7)16-4-3-15-9/h1-2,5-6H,3-4H2,(H2,12,13,14). The van der Waals surface area contributed by atoms with Crippen molar-refractivity contribution in [1.82, 2.24) is 9.97 Å². The van der Waals surface area contributed by atoms with Crippen molar-refractivity contribution in [2.45, 2.75) is 0 Å². The van der Waals surface area contributed by atoms with E-state index in [1.54, 1.807) is 6.20 Å². The molecular weight excluding hydrogens is 208 g/mol. The maximum atomic E-state index is 11.0. The Morgan fingerprint density at radius 1 is 1.12 bits per heavy atom. The van der Waals surface area contributed by atoms with Gasteiger partial charge in [0.05, 0.1) is 5.69 Å². The van der Waals surface area contributed by atoms with E-state index in [4.69, 9.17) is 9.47 Å². The van der Waals surface area contributed by atoms with Crippen LogP contribution in [0.15, 0.2) is 29.2 Å². The largest absolute Gasteiger partial charge is 0.486 e. The van der Waals surface area contributed by atoms with E-state index in [1.165, 1.54) is 0 Å². The second kappa shape index (κ2) is 3.44. The van der Waals surface area contributed by atoms with Gasteiger partial charge in [0.1, 0.15) is 13.2 Å². The number of hydrogen-bond donors (Lipinski definition) is 2. The molecule has 1 aliphatic rings. The summed E-state index contributed by atoms with van der Waals surface area (Å²) in [6.45, 7) is 1.13. The van der Waals surface area contributed by atoms with Crippen molar-refractivity contribution in [1.29, 1.82) is 0 Å². The molecule has 16 heavy (non-hydrogen) atoms. The van der Waals surface area contributed by atoms with E-state index in [1.807, 2.05) is 18.2 Å². The van der Waals surface area contributed by atoms with E-state index >= 15 is 0 Å². The van der Waals surface area contributed by atoms with Gasteiger partial charge in [-0.2, -0.15) is 0 Å². The summed E-state index contributed by atoms with van der Waals surface area (Å²) in [6.07, 6.45) is 1.63. The third kappa shape index (κ3) is 1.46. The SMILES string of the molecule is O=c1[nH]cc(-c2ccc3c(c2)OCCO3)[nH]1. The van der Waals surface area contributed by atoms with Crippen LogP contribution in [0.4, 0.5) is 0 Å². The number of nitrogens with one attached hydrogen (secondary N) is 2. The molecule has 0 amide bonds. The summed E-state index contributed by atoms with van der Waals surface area (Å²) in [5.41, 5.74) is 1.41. The smallest absolute Gasteiger partial charge is 0.323 e. The lowest BCUT2D eigenvalue weighted by Gasteiger charge is -2.18. The number of fused-ring (bicyclic) bond motifs is 1. The molecule has 5 heteroatoms. The third-order valence-electron chi connectivity index (χ3n) is 2.45. The number of ether oxygens (including phenoxy) is 2. The minimum atomic E-state index is -0.218. The van der Waals surface area contributed by atoms with Crippen LogP contribution in [-0.2, 0) is 0 Å². The Balaban J connectivity index is 2.06. The van der Waals surface area contributed by atoms with Crippen molar-refractivity contribution in [2.75, 3.05) is 13.2 Å². The Kier molecular flexibility index (Phi) is 1.96. The molecule has 82 valence electrons. The second-order valence-corrected chi connectivity index (χ2v) is 3.51. The molecule has 2 heterocycles. The Labute approximate surface area is 91.0 Å². The molecular formula is C11H10N2O3. The van der Waals surface area contributed by atoms with Crippen molar-refractivity contribution in [3.63, 3.8) is 0 Å². The molecule has 2 N–H and O–H groups in total. The normalized spacial score (nSPS) is 13.8. The maximum absolute atomic E-state index is 11.0. The van der Waals surface area contributed by atoms with Crippen molar-refractivity contribution < 1.29 is 9.47 Å². The fourth-order valence-corrected chi connectivity index (χ4v) is 1.70. The molecule has 0 saturated carbocycles. The first-order chi connectivity index (χ1) is 7.83. The highest BCUT2D eigenvalue weighted by Gasteiger charge is 2.12.